The summed E-state index contributed by atoms with van der Waals surface area (Å²) >= 11 is 0. The van der Waals surface area contributed by atoms with Gasteiger partial charge in [0.15, 0.2) is 0 Å². The minimum absolute atomic E-state index is 0.569. The van der Waals surface area contributed by atoms with Crippen LogP contribution in [0.15, 0.2) is 18.2 Å². The maximum atomic E-state index is 8.98. The fraction of sp³-hybridized carbons (Fsp3) is 0.500. The van der Waals surface area contributed by atoms with E-state index in [0.717, 1.165) is 18.1 Å². The maximum Gasteiger partial charge on any atom is 0.140 e. The standard InChI is InChI=1S/C14H17NO2/c1-16-13-6-5-12(10-15)14(9-13)17-8-7-11-3-2-4-11/h5-6,9,11H,2-4,7-8H2,1H3. The zero-order valence-electron chi connectivity index (χ0n) is 10.1. The van der Waals surface area contributed by atoms with E-state index in [2.05, 4.69) is 6.07 Å². The molecule has 17 heavy (non-hydrogen) atoms. The molecular weight excluding hydrogens is 214 g/mol. The van der Waals surface area contributed by atoms with Gasteiger partial charge in [0.1, 0.15) is 17.6 Å². The molecule has 0 unspecified atom stereocenters. The van der Waals surface area contributed by atoms with Crippen LogP contribution in [0.1, 0.15) is 31.2 Å². The Morgan fingerprint density at radius 1 is 1.41 bits per heavy atom. The fourth-order valence-corrected chi connectivity index (χ4v) is 1.96. The van der Waals surface area contributed by atoms with Gasteiger partial charge in [0.2, 0.25) is 0 Å². The van der Waals surface area contributed by atoms with Gasteiger partial charge in [-0.1, -0.05) is 19.3 Å². The average molecular weight is 231 g/mol. The molecule has 1 saturated carbocycles. The smallest absolute Gasteiger partial charge is 0.140 e. The number of hydrogen-bond acceptors (Lipinski definition) is 3. The molecule has 1 aliphatic carbocycles. The summed E-state index contributed by atoms with van der Waals surface area (Å²) < 4.78 is 10.8. The lowest BCUT2D eigenvalue weighted by Gasteiger charge is -2.25. The predicted octanol–water partition coefficient (Wildman–Crippen LogP) is 3.14. The summed E-state index contributed by atoms with van der Waals surface area (Å²) in [6.07, 6.45) is 5.09. The molecule has 0 atom stereocenters. The first-order valence-corrected chi connectivity index (χ1v) is 6.04. The molecule has 3 nitrogen and oxygen atoms in total. The van der Waals surface area contributed by atoms with Crippen LogP contribution >= 0.6 is 0 Å². The van der Waals surface area contributed by atoms with Gasteiger partial charge >= 0.3 is 0 Å². The van der Waals surface area contributed by atoms with E-state index in [0.29, 0.717) is 17.9 Å². The number of rotatable bonds is 5. The molecule has 0 N–H and O–H groups in total. The van der Waals surface area contributed by atoms with Crippen LogP contribution in [0.5, 0.6) is 11.5 Å². The van der Waals surface area contributed by atoms with Crippen LogP contribution in [0.3, 0.4) is 0 Å². The first-order valence-electron chi connectivity index (χ1n) is 6.04. The monoisotopic (exact) mass is 231 g/mol. The third-order valence-electron chi connectivity index (χ3n) is 3.32. The van der Waals surface area contributed by atoms with Crippen LogP contribution in [0, 0.1) is 17.2 Å². The molecule has 0 saturated heterocycles. The third-order valence-corrected chi connectivity index (χ3v) is 3.32. The van der Waals surface area contributed by atoms with Crippen LogP contribution in [0.4, 0.5) is 0 Å². The van der Waals surface area contributed by atoms with Crippen LogP contribution in [0.25, 0.3) is 0 Å². The van der Waals surface area contributed by atoms with Crippen LogP contribution in [-0.2, 0) is 0 Å². The lowest BCUT2D eigenvalue weighted by molar-refractivity contribution is 0.221. The van der Waals surface area contributed by atoms with Gasteiger partial charge in [-0.3, -0.25) is 0 Å². The number of ether oxygens (including phenoxy) is 2. The van der Waals surface area contributed by atoms with E-state index in [4.69, 9.17) is 14.7 Å². The van der Waals surface area contributed by atoms with Crippen molar-refractivity contribution in [2.75, 3.05) is 13.7 Å². The third kappa shape index (κ3) is 2.91. The van der Waals surface area contributed by atoms with Crippen molar-refractivity contribution in [2.24, 2.45) is 5.92 Å². The Bertz CT molecular complexity index is 419. The van der Waals surface area contributed by atoms with Gasteiger partial charge in [-0.25, -0.2) is 0 Å². The molecule has 0 amide bonds. The molecule has 0 heterocycles. The Morgan fingerprint density at radius 2 is 2.24 bits per heavy atom. The highest BCUT2D eigenvalue weighted by molar-refractivity contribution is 5.47. The van der Waals surface area contributed by atoms with E-state index in [1.807, 2.05) is 0 Å². The van der Waals surface area contributed by atoms with Gasteiger partial charge in [-0.2, -0.15) is 5.26 Å². The van der Waals surface area contributed by atoms with Crippen molar-refractivity contribution in [1.29, 1.82) is 5.26 Å². The number of nitrogens with zero attached hydrogens (tertiary/aromatic N) is 1. The van der Waals surface area contributed by atoms with Crippen molar-refractivity contribution >= 4 is 0 Å². The molecule has 1 aromatic rings. The number of benzene rings is 1. The van der Waals surface area contributed by atoms with Gasteiger partial charge in [-0.05, 0) is 24.5 Å². The Labute approximate surface area is 102 Å². The summed E-state index contributed by atoms with van der Waals surface area (Å²) in [6, 6.07) is 7.42. The highest BCUT2D eigenvalue weighted by Crippen LogP contribution is 2.30. The van der Waals surface area contributed by atoms with Gasteiger partial charge in [-0.15, -0.1) is 0 Å². The van der Waals surface area contributed by atoms with E-state index < -0.39 is 0 Å². The number of nitriles is 1. The van der Waals surface area contributed by atoms with Gasteiger partial charge in [0.25, 0.3) is 0 Å². The van der Waals surface area contributed by atoms with Gasteiger partial charge < -0.3 is 9.47 Å². The minimum atomic E-state index is 0.569. The van der Waals surface area contributed by atoms with E-state index in [-0.39, 0.29) is 0 Å². The molecule has 1 aromatic carbocycles. The fourth-order valence-electron chi connectivity index (χ4n) is 1.96. The highest BCUT2D eigenvalue weighted by Gasteiger charge is 2.17. The quantitative estimate of drug-likeness (QED) is 0.781. The molecule has 0 bridgehead atoms. The van der Waals surface area contributed by atoms with Crippen LogP contribution in [0.2, 0.25) is 0 Å². The molecule has 0 spiro atoms. The first-order chi connectivity index (χ1) is 8.33. The summed E-state index contributed by atoms with van der Waals surface area (Å²) in [5.41, 5.74) is 0.569. The summed E-state index contributed by atoms with van der Waals surface area (Å²) in [5, 5.41) is 8.98. The van der Waals surface area contributed by atoms with Crippen molar-refractivity contribution in [3.8, 4) is 17.6 Å². The second-order valence-electron chi connectivity index (χ2n) is 4.41. The van der Waals surface area contributed by atoms with Crippen LogP contribution in [-0.4, -0.2) is 13.7 Å². The van der Waals surface area contributed by atoms with Crippen molar-refractivity contribution in [2.45, 2.75) is 25.7 Å². The molecule has 0 aliphatic heterocycles. The minimum Gasteiger partial charge on any atom is -0.497 e. The summed E-state index contributed by atoms with van der Waals surface area (Å²) in [4.78, 5) is 0. The number of hydrogen-bond donors (Lipinski definition) is 0. The summed E-state index contributed by atoms with van der Waals surface area (Å²) in [6.45, 7) is 0.687. The van der Waals surface area contributed by atoms with Crippen molar-refractivity contribution in [3.05, 3.63) is 23.8 Å². The normalized spacial score (nSPS) is 14.8. The molecule has 0 aromatic heterocycles. The molecular formula is C14H17NO2. The summed E-state index contributed by atoms with van der Waals surface area (Å²) in [7, 11) is 1.61. The molecule has 3 heteroatoms. The van der Waals surface area contributed by atoms with Crippen molar-refractivity contribution in [3.63, 3.8) is 0 Å². The topological polar surface area (TPSA) is 42.2 Å². The Morgan fingerprint density at radius 3 is 2.82 bits per heavy atom. The molecule has 2 rings (SSSR count). The van der Waals surface area contributed by atoms with Crippen molar-refractivity contribution < 1.29 is 9.47 Å². The molecule has 0 radical (unpaired) electrons. The zero-order chi connectivity index (χ0) is 12.1. The molecule has 1 aliphatic rings. The number of methoxy groups -OCH3 is 1. The maximum absolute atomic E-state index is 8.98. The van der Waals surface area contributed by atoms with Gasteiger partial charge in [0, 0.05) is 6.07 Å². The predicted molar refractivity (Wildman–Crippen MR) is 65.2 cm³/mol. The van der Waals surface area contributed by atoms with E-state index in [1.165, 1.54) is 19.3 Å². The second-order valence-corrected chi connectivity index (χ2v) is 4.41. The van der Waals surface area contributed by atoms with E-state index in [1.54, 1.807) is 25.3 Å². The van der Waals surface area contributed by atoms with Crippen LogP contribution < -0.4 is 9.47 Å². The van der Waals surface area contributed by atoms with E-state index in [9.17, 15) is 0 Å². The average Bonchev–Trinajstić information content (AvgIpc) is 2.32. The molecule has 90 valence electrons. The second kappa shape index (κ2) is 5.58. The van der Waals surface area contributed by atoms with Gasteiger partial charge in [0.05, 0.1) is 19.3 Å². The largest absolute Gasteiger partial charge is 0.497 e. The highest BCUT2D eigenvalue weighted by atomic mass is 16.5. The lowest BCUT2D eigenvalue weighted by atomic mass is 9.83. The SMILES string of the molecule is COc1ccc(C#N)c(OCCC2CCC2)c1. The van der Waals surface area contributed by atoms with Crippen molar-refractivity contribution in [1.82, 2.24) is 0 Å². The zero-order valence-corrected chi connectivity index (χ0v) is 10.1. The Hall–Kier alpha value is -1.69. The van der Waals surface area contributed by atoms with E-state index >= 15 is 0 Å². The Balaban J connectivity index is 1.94. The Kier molecular flexibility index (Phi) is 3.87. The first kappa shape index (κ1) is 11.8. The summed E-state index contributed by atoms with van der Waals surface area (Å²) in [5.74, 6) is 2.18. The lowest BCUT2D eigenvalue weighted by Crippen LogP contribution is -2.14. The molecule has 1 fully saturated rings.